The third-order valence-corrected chi connectivity index (χ3v) is 7.53. The van der Waals surface area contributed by atoms with Crippen molar-refractivity contribution in [3.63, 3.8) is 0 Å². The van der Waals surface area contributed by atoms with Crippen molar-refractivity contribution in [3.05, 3.63) is 104 Å². The number of imide groups is 1. The third-order valence-electron chi connectivity index (χ3n) is 5.76. The van der Waals surface area contributed by atoms with E-state index in [0.29, 0.717) is 17.3 Å². The molecule has 4 aromatic rings. The number of aromatic nitrogens is 1. The largest absolute Gasteiger partial charge is 0.342 e. The van der Waals surface area contributed by atoms with E-state index < -0.39 is 29.4 Å². The van der Waals surface area contributed by atoms with Gasteiger partial charge < -0.3 is 9.88 Å². The molecule has 1 aliphatic heterocycles. The van der Waals surface area contributed by atoms with Gasteiger partial charge in [0.1, 0.15) is 12.4 Å². The lowest BCUT2D eigenvalue weighted by Gasteiger charge is -2.12. The summed E-state index contributed by atoms with van der Waals surface area (Å²) >= 11 is 10.7. The number of nitrogens with one attached hydrogen (secondary N) is 1. The number of hydrogen-bond acceptors (Lipinski definition) is 4. The molecule has 6 nitrogen and oxygen atoms in total. The molecule has 3 amide bonds. The van der Waals surface area contributed by atoms with Gasteiger partial charge in [-0.05, 0) is 71.9 Å². The minimum atomic E-state index is -0.560. The number of hydrogen-bond donors (Lipinski definition) is 1. The van der Waals surface area contributed by atoms with E-state index in [1.54, 1.807) is 6.08 Å². The number of amides is 3. The molecule has 2 heterocycles. The van der Waals surface area contributed by atoms with Crippen LogP contribution in [0.3, 0.4) is 0 Å². The highest BCUT2D eigenvalue weighted by Crippen LogP contribution is 2.35. The van der Waals surface area contributed by atoms with Crippen LogP contribution in [0.25, 0.3) is 17.0 Å². The van der Waals surface area contributed by atoms with Crippen LogP contribution in [0.1, 0.15) is 11.1 Å². The molecule has 0 bridgehead atoms. The molecule has 0 saturated carbocycles. The summed E-state index contributed by atoms with van der Waals surface area (Å²) in [5.41, 5.74) is 3.01. The molecule has 0 aliphatic carbocycles. The summed E-state index contributed by atoms with van der Waals surface area (Å²) in [6, 6.07) is 18.7. The summed E-state index contributed by atoms with van der Waals surface area (Å²) in [6.07, 6.45) is 3.58. The zero-order valence-corrected chi connectivity index (χ0v) is 22.2. The molecule has 0 atom stereocenters. The van der Waals surface area contributed by atoms with E-state index in [-0.39, 0.29) is 4.91 Å². The third kappa shape index (κ3) is 5.49. The fourth-order valence-electron chi connectivity index (χ4n) is 4.01. The zero-order chi connectivity index (χ0) is 26.1. The first kappa shape index (κ1) is 25.3. The monoisotopic (exact) mass is 597 g/mol. The molecule has 1 fully saturated rings. The van der Waals surface area contributed by atoms with Gasteiger partial charge in [0.25, 0.3) is 11.1 Å². The van der Waals surface area contributed by atoms with Crippen LogP contribution < -0.4 is 5.32 Å². The molecule has 3 aromatic carbocycles. The Balaban J connectivity index is 1.40. The predicted octanol–water partition coefficient (Wildman–Crippen LogP) is 6.92. The summed E-state index contributed by atoms with van der Waals surface area (Å²) in [4.78, 5) is 39.2. The van der Waals surface area contributed by atoms with Crippen LogP contribution in [0.5, 0.6) is 0 Å². The Morgan fingerprint density at radius 3 is 2.59 bits per heavy atom. The first-order chi connectivity index (χ1) is 17.8. The molecule has 0 unspecified atom stereocenters. The number of halogens is 3. The van der Waals surface area contributed by atoms with E-state index in [4.69, 9.17) is 11.6 Å². The molecule has 37 heavy (non-hydrogen) atoms. The summed E-state index contributed by atoms with van der Waals surface area (Å²) in [6.45, 7) is 0.0792. The molecule has 1 aromatic heterocycles. The molecule has 186 valence electrons. The molecule has 1 aliphatic rings. The number of rotatable bonds is 6. The fraction of sp³-hybridized carbons (Fsp3) is 0.0741. The lowest BCUT2D eigenvalue weighted by Crippen LogP contribution is -2.36. The second kappa shape index (κ2) is 10.5. The van der Waals surface area contributed by atoms with Crippen molar-refractivity contribution in [2.24, 2.45) is 0 Å². The molecule has 0 spiro atoms. The molecule has 10 heteroatoms. The van der Waals surface area contributed by atoms with E-state index in [0.717, 1.165) is 43.2 Å². The summed E-state index contributed by atoms with van der Waals surface area (Å²) < 4.78 is 16.0. The van der Waals surface area contributed by atoms with Gasteiger partial charge >= 0.3 is 0 Å². The topological polar surface area (TPSA) is 71.4 Å². The van der Waals surface area contributed by atoms with Crippen LogP contribution in [-0.4, -0.2) is 33.1 Å². The van der Waals surface area contributed by atoms with Crippen molar-refractivity contribution in [1.29, 1.82) is 0 Å². The Labute approximate surface area is 229 Å². The Hall–Kier alpha value is -3.40. The fourth-order valence-corrected chi connectivity index (χ4v) is 5.39. The first-order valence-electron chi connectivity index (χ1n) is 11.1. The number of carbonyl (C=O) groups is 3. The Bertz CT molecular complexity index is 1590. The predicted molar refractivity (Wildman–Crippen MR) is 148 cm³/mol. The van der Waals surface area contributed by atoms with Gasteiger partial charge in [-0.25, -0.2) is 4.39 Å². The lowest BCUT2D eigenvalue weighted by atomic mass is 10.1. The highest BCUT2D eigenvalue weighted by Gasteiger charge is 2.36. The zero-order valence-electron chi connectivity index (χ0n) is 19.1. The highest BCUT2D eigenvalue weighted by molar-refractivity contribution is 9.10. The number of carbonyl (C=O) groups excluding carboxylic acids is 3. The van der Waals surface area contributed by atoms with Crippen molar-refractivity contribution in [1.82, 2.24) is 9.47 Å². The number of fused-ring (bicyclic) bond motifs is 1. The van der Waals surface area contributed by atoms with E-state index in [1.165, 1.54) is 24.3 Å². The minimum Gasteiger partial charge on any atom is -0.342 e. The lowest BCUT2D eigenvalue weighted by molar-refractivity contribution is -0.127. The van der Waals surface area contributed by atoms with Crippen LogP contribution in [0.15, 0.2) is 82.3 Å². The van der Waals surface area contributed by atoms with Crippen molar-refractivity contribution in [2.45, 2.75) is 6.54 Å². The standard InChI is InChI=1S/C27H18BrClFN3O3S/c28-18-5-10-23-21(12-18)17(14-32(23)13-16-3-1-2-4-22(16)29)11-24-26(35)33(27(36)37-24)15-25(34)31-20-8-6-19(30)7-9-20/h1-12,14H,13,15H2,(H,31,34)/b24-11-. The SMILES string of the molecule is O=C(CN1C(=O)S/C(=C\c2cn(Cc3ccccc3Cl)c3ccc(Br)cc23)C1=O)Nc1ccc(F)cc1. The molecule has 0 radical (unpaired) electrons. The van der Waals surface area contributed by atoms with Gasteiger partial charge in [0.05, 0.1) is 4.91 Å². The summed E-state index contributed by atoms with van der Waals surface area (Å²) in [5.74, 6) is -1.55. The smallest absolute Gasteiger partial charge is 0.294 e. The number of anilines is 1. The molecular formula is C27H18BrClFN3O3S. The highest BCUT2D eigenvalue weighted by atomic mass is 79.9. The maximum absolute atomic E-state index is 13.1. The molecule has 1 N–H and O–H groups in total. The van der Waals surface area contributed by atoms with Gasteiger partial charge in [-0.2, -0.15) is 0 Å². The van der Waals surface area contributed by atoms with Crippen molar-refractivity contribution < 1.29 is 18.8 Å². The van der Waals surface area contributed by atoms with Crippen LogP contribution >= 0.6 is 39.3 Å². The van der Waals surface area contributed by atoms with Crippen LogP contribution in [0.2, 0.25) is 5.02 Å². The number of nitrogens with zero attached hydrogens (tertiary/aromatic N) is 2. The van der Waals surface area contributed by atoms with E-state index in [9.17, 15) is 18.8 Å². The van der Waals surface area contributed by atoms with Gasteiger partial charge in [0.15, 0.2) is 0 Å². The Morgan fingerprint density at radius 1 is 1.08 bits per heavy atom. The minimum absolute atomic E-state index is 0.219. The second-order valence-electron chi connectivity index (χ2n) is 8.29. The van der Waals surface area contributed by atoms with E-state index in [2.05, 4.69) is 21.2 Å². The average Bonchev–Trinajstić information content (AvgIpc) is 3.33. The normalized spacial score (nSPS) is 14.7. The van der Waals surface area contributed by atoms with Gasteiger partial charge in [0.2, 0.25) is 5.91 Å². The average molecular weight is 599 g/mol. The van der Waals surface area contributed by atoms with Gasteiger partial charge in [-0.1, -0.05) is 45.7 Å². The van der Waals surface area contributed by atoms with Crippen LogP contribution in [-0.2, 0) is 16.1 Å². The Kier molecular flexibility index (Phi) is 7.19. The maximum Gasteiger partial charge on any atom is 0.294 e. The van der Waals surface area contributed by atoms with Crippen LogP contribution in [0, 0.1) is 5.82 Å². The molecule has 5 rings (SSSR count). The summed E-state index contributed by atoms with van der Waals surface area (Å²) in [5, 5.41) is 3.57. The van der Waals surface area contributed by atoms with Gasteiger partial charge in [0, 0.05) is 44.4 Å². The number of thioether (sulfide) groups is 1. The van der Waals surface area contributed by atoms with E-state index in [1.807, 2.05) is 53.2 Å². The van der Waals surface area contributed by atoms with Gasteiger partial charge in [-0.15, -0.1) is 0 Å². The van der Waals surface area contributed by atoms with Crippen molar-refractivity contribution >= 4 is 79.0 Å². The van der Waals surface area contributed by atoms with Crippen molar-refractivity contribution in [2.75, 3.05) is 11.9 Å². The molecular weight excluding hydrogens is 581 g/mol. The van der Waals surface area contributed by atoms with Crippen molar-refractivity contribution in [3.8, 4) is 0 Å². The molecule has 1 saturated heterocycles. The maximum atomic E-state index is 13.1. The Morgan fingerprint density at radius 2 is 1.84 bits per heavy atom. The van der Waals surface area contributed by atoms with Gasteiger partial charge in [-0.3, -0.25) is 19.3 Å². The first-order valence-corrected chi connectivity index (χ1v) is 13.1. The quantitative estimate of drug-likeness (QED) is 0.245. The van der Waals surface area contributed by atoms with Crippen LogP contribution in [0.4, 0.5) is 14.9 Å². The number of benzene rings is 3. The second-order valence-corrected chi connectivity index (χ2v) is 10.6. The van der Waals surface area contributed by atoms with E-state index >= 15 is 0 Å². The summed E-state index contributed by atoms with van der Waals surface area (Å²) in [7, 11) is 0.